The fourth-order valence-corrected chi connectivity index (χ4v) is 3.31. The molecular weight excluding hydrogens is 270 g/mol. The Labute approximate surface area is 123 Å². The molecule has 2 atom stereocenters. The summed E-state index contributed by atoms with van der Waals surface area (Å²) in [5.74, 6) is -0.741. The number of methoxy groups -OCH3 is 1. The maximum Gasteiger partial charge on any atom is 0.323 e. The van der Waals surface area contributed by atoms with E-state index >= 15 is 0 Å². The van der Waals surface area contributed by atoms with E-state index in [1.165, 1.54) is 12.7 Å². The summed E-state index contributed by atoms with van der Waals surface area (Å²) in [6.07, 6.45) is 0. The third-order valence-corrected chi connectivity index (χ3v) is 4.31. The van der Waals surface area contributed by atoms with Gasteiger partial charge in [-0.25, -0.2) is 0 Å². The lowest BCUT2D eigenvalue weighted by Gasteiger charge is -2.46. The molecule has 0 N–H and O–H groups in total. The fourth-order valence-electron chi connectivity index (χ4n) is 3.31. The van der Waals surface area contributed by atoms with Crippen LogP contribution in [0.3, 0.4) is 0 Å². The van der Waals surface area contributed by atoms with E-state index in [1.54, 1.807) is 0 Å². The Bertz CT molecular complexity index is 544. The van der Waals surface area contributed by atoms with Crippen LogP contribution < -0.4 is 0 Å². The van der Waals surface area contributed by atoms with Gasteiger partial charge >= 0.3 is 5.97 Å². The first kappa shape index (κ1) is 14.2. The lowest BCUT2D eigenvalue weighted by molar-refractivity contribution is -0.180. The van der Waals surface area contributed by atoms with Gasteiger partial charge in [-0.05, 0) is 5.56 Å². The van der Waals surface area contributed by atoms with Gasteiger partial charge in [0, 0.05) is 19.6 Å². The third kappa shape index (κ3) is 2.47. The second-order valence-corrected chi connectivity index (χ2v) is 5.81. The third-order valence-electron chi connectivity index (χ3n) is 4.31. The summed E-state index contributed by atoms with van der Waals surface area (Å²) in [4.78, 5) is 26.8. The SMILES string of the molecule is COC(=O)C12COCC(CN(Cc3ccccc3)C1)C2=O. The Kier molecular flexibility index (Phi) is 3.78. The lowest BCUT2D eigenvalue weighted by atomic mass is 9.73. The molecule has 112 valence electrons. The zero-order valence-electron chi connectivity index (χ0n) is 12.1. The quantitative estimate of drug-likeness (QED) is 0.610. The van der Waals surface area contributed by atoms with E-state index in [-0.39, 0.29) is 18.3 Å². The zero-order chi connectivity index (χ0) is 14.9. The highest BCUT2D eigenvalue weighted by atomic mass is 16.5. The first-order chi connectivity index (χ1) is 10.2. The van der Waals surface area contributed by atoms with Gasteiger partial charge in [-0.15, -0.1) is 0 Å². The van der Waals surface area contributed by atoms with Crippen molar-refractivity contribution in [2.24, 2.45) is 11.3 Å². The van der Waals surface area contributed by atoms with Crippen LogP contribution in [0.25, 0.3) is 0 Å². The van der Waals surface area contributed by atoms with Crippen molar-refractivity contribution in [1.82, 2.24) is 4.90 Å². The summed E-state index contributed by atoms with van der Waals surface area (Å²) >= 11 is 0. The first-order valence-corrected chi connectivity index (χ1v) is 7.12. The molecule has 5 nitrogen and oxygen atoms in total. The van der Waals surface area contributed by atoms with Gasteiger partial charge in [0.1, 0.15) is 0 Å². The number of Topliss-reactive ketones (excluding diaryl/α,β-unsaturated/α-hetero) is 1. The van der Waals surface area contributed by atoms with E-state index in [2.05, 4.69) is 4.90 Å². The molecule has 5 heteroatoms. The van der Waals surface area contributed by atoms with Crippen molar-refractivity contribution in [2.45, 2.75) is 6.54 Å². The van der Waals surface area contributed by atoms with Gasteiger partial charge < -0.3 is 9.47 Å². The van der Waals surface area contributed by atoms with E-state index in [1.807, 2.05) is 30.3 Å². The molecule has 2 fully saturated rings. The van der Waals surface area contributed by atoms with Crippen molar-refractivity contribution < 1.29 is 19.1 Å². The molecule has 0 radical (unpaired) electrons. The molecule has 1 aromatic carbocycles. The maximum absolute atomic E-state index is 12.5. The number of carbonyl (C=O) groups is 2. The Hall–Kier alpha value is -1.72. The number of rotatable bonds is 3. The van der Waals surface area contributed by atoms with E-state index in [4.69, 9.17) is 9.47 Å². The molecule has 2 aliphatic heterocycles. The van der Waals surface area contributed by atoms with Gasteiger partial charge in [0.25, 0.3) is 0 Å². The molecule has 0 amide bonds. The molecule has 2 heterocycles. The normalized spacial score (nSPS) is 29.2. The monoisotopic (exact) mass is 289 g/mol. The summed E-state index contributed by atoms with van der Waals surface area (Å²) in [5, 5.41) is 0. The van der Waals surface area contributed by atoms with Crippen molar-refractivity contribution in [3.63, 3.8) is 0 Å². The van der Waals surface area contributed by atoms with Crippen LogP contribution in [0.2, 0.25) is 0 Å². The van der Waals surface area contributed by atoms with E-state index in [0.29, 0.717) is 19.7 Å². The summed E-state index contributed by atoms with van der Waals surface area (Å²) in [6.45, 7) is 2.24. The van der Waals surface area contributed by atoms with E-state index in [9.17, 15) is 9.59 Å². The number of nitrogens with zero attached hydrogens (tertiary/aromatic N) is 1. The molecular formula is C16H19NO4. The standard InChI is InChI=1S/C16H19NO4/c1-20-15(19)16-10-17(7-12-5-3-2-4-6-12)8-13(14(16)18)9-21-11-16/h2-6,13H,7-11H2,1H3. The maximum atomic E-state index is 12.5. The second-order valence-electron chi connectivity index (χ2n) is 5.81. The van der Waals surface area contributed by atoms with Gasteiger partial charge in [-0.3, -0.25) is 14.5 Å². The van der Waals surface area contributed by atoms with Crippen molar-refractivity contribution in [3.05, 3.63) is 35.9 Å². The number of hydrogen-bond acceptors (Lipinski definition) is 5. The molecule has 0 aromatic heterocycles. The molecule has 2 aliphatic rings. The highest BCUT2D eigenvalue weighted by Gasteiger charge is 2.56. The number of hydrogen-bond donors (Lipinski definition) is 0. The number of piperidine rings is 1. The second kappa shape index (κ2) is 5.58. The number of ketones is 1. The Morgan fingerprint density at radius 1 is 1.43 bits per heavy atom. The predicted molar refractivity (Wildman–Crippen MR) is 75.5 cm³/mol. The van der Waals surface area contributed by atoms with E-state index in [0.717, 1.165) is 6.54 Å². The van der Waals surface area contributed by atoms with Gasteiger partial charge in [-0.1, -0.05) is 30.3 Å². The Morgan fingerprint density at radius 2 is 2.19 bits per heavy atom. The van der Waals surface area contributed by atoms with Crippen molar-refractivity contribution in [2.75, 3.05) is 33.4 Å². The van der Waals surface area contributed by atoms with Crippen LogP contribution in [-0.4, -0.2) is 50.1 Å². The molecule has 21 heavy (non-hydrogen) atoms. The number of benzene rings is 1. The topological polar surface area (TPSA) is 55.8 Å². The lowest BCUT2D eigenvalue weighted by Crippen LogP contribution is -2.63. The van der Waals surface area contributed by atoms with Gasteiger partial charge in [-0.2, -0.15) is 0 Å². The first-order valence-electron chi connectivity index (χ1n) is 7.12. The molecule has 3 rings (SSSR count). The van der Waals surface area contributed by atoms with Gasteiger partial charge in [0.2, 0.25) is 0 Å². The van der Waals surface area contributed by atoms with Crippen molar-refractivity contribution >= 4 is 11.8 Å². The molecule has 2 unspecified atom stereocenters. The van der Waals surface area contributed by atoms with Crippen LogP contribution in [0.5, 0.6) is 0 Å². The summed E-state index contributed by atoms with van der Waals surface area (Å²) < 4.78 is 10.4. The van der Waals surface area contributed by atoms with Crippen LogP contribution in [0.15, 0.2) is 30.3 Å². The smallest absolute Gasteiger partial charge is 0.323 e. The number of ether oxygens (including phenoxy) is 2. The largest absolute Gasteiger partial charge is 0.468 e. The zero-order valence-corrected chi connectivity index (χ0v) is 12.1. The Morgan fingerprint density at radius 3 is 2.90 bits per heavy atom. The van der Waals surface area contributed by atoms with Crippen molar-refractivity contribution in [1.29, 1.82) is 0 Å². The van der Waals surface area contributed by atoms with Crippen LogP contribution in [0, 0.1) is 11.3 Å². The van der Waals surface area contributed by atoms with E-state index < -0.39 is 11.4 Å². The minimum atomic E-state index is -1.15. The van der Waals surface area contributed by atoms with Gasteiger partial charge in [0.15, 0.2) is 11.2 Å². The highest BCUT2D eigenvalue weighted by molar-refractivity contribution is 6.06. The number of fused-ring (bicyclic) bond motifs is 2. The molecule has 2 saturated heterocycles. The number of carbonyl (C=O) groups excluding carboxylic acids is 2. The molecule has 0 aliphatic carbocycles. The molecule has 0 spiro atoms. The van der Waals surface area contributed by atoms with Crippen LogP contribution in [-0.2, 0) is 25.6 Å². The number of esters is 1. The average Bonchev–Trinajstić information content (AvgIpc) is 2.49. The molecule has 0 saturated carbocycles. The summed E-state index contributed by atoms with van der Waals surface area (Å²) in [5.41, 5.74) is 0.0240. The Balaban J connectivity index is 1.83. The van der Waals surface area contributed by atoms with Gasteiger partial charge in [0.05, 0.1) is 26.2 Å². The number of likely N-dealkylation sites (tertiary alicyclic amines) is 1. The van der Waals surface area contributed by atoms with Crippen LogP contribution >= 0.6 is 0 Å². The minimum absolute atomic E-state index is 0.0232. The average molecular weight is 289 g/mol. The predicted octanol–water partition coefficient (Wildman–Crippen LogP) is 0.877. The van der Waals surface area contributed by atoms with Crippen LogP contribution in [0.1, 0.15) is 5.56 Å². The van der Waals surface area contributed by atoms with Crippen molar-refractivity contribution in [3.8, 4) is 0 Å². The summed E-state index contributed by atoms with van der Waals surface area (Å²) in [6, 6.07) is 10.1. The van der Waals surface area contributed by atoms with Crippen LogP contribution in [0.4, 0.5) is 0 Å². The summed E-state index contributed by atoms with van der Waals surface area (Å²) in [7, 11) is 1.32. The molecule has 2 bridgehead atoms. The fraction of sp³-hybridized carbons (Fsp3) is 0.500. The molecule has 1 aromatic rings. The highest BCUT2D eigenvalue weighted by Crippen LogP contribution is 2.36. The minimum Gasteiger partial charge on any atom is -0.468 e.